The maximum atomic E-state index is 10.7. The lowest BCUT2D eigenvalue weighted by molar-refractivity contribution is -0.137. The van der Waals surface area contributed by atoms with Gasteiger partial charge in [0.25, 0.3) is 0 Å². The minimum absolute atomic E-state index is 0.156. The number of nitrogens with zero attached hydrogens (tertiary/aromatic N) is 2. The van der Waals surface area contributed by atoms with Gasteiger partial charge in [0.15, 0.2) is 5.76 Å². The van der Waals surface area contributed by atoms with Gasteiger partial charge in [0.05, 0.1) is 19.2 Å². The van der Waals surface area contributed by atoms with Gasteiger partial charge in [-0.3, -0.25) is 9.69 Å². The molecular weight excluding hydrogens is 268 g/mol. The van der Waals surface area contributed by atoms with E-state index in [1.807, 2.05) is 30.3 Å². The lowest BCUT2D eigenvalue weighted by Gasteiger charge is -2.18. The standard InChI is InChI=1S/C16H18N2O3/c19-16(20)8-9-18(13-6-7-13)11-15-17-10-14(21-15)12-4-2-1-3-5-12/h1-5,10,13H,6-9,11H2,(H,19,20). The molecule has 1 aromatic heterocycles. The number of aromatic nitrogens is 1. The van der Waals surface area contributed by atoms with Crippen molar-refractivity contribution in [3.63, 3.8) is 0 Å². The summed E-state index contributed by atoms with van der Waals surface area (Å²) >= 11 is 0. The fourth-order valence-corrected chi connectivity index (χ4v) is 2.36. The third-order valence-electron chi connectivity index (χ3n) is 3.63. The number of hydrogen-bond acceptors (Lipinski definition) is 4. The Bertz CT molecular complexity index is 605. The average Bonchev–Trinajstić information content (AvgIpc) is 3.23. The highest BCUT2D eigenvalue weighted by Crippen LogP contribution is 2.29. The normalized spacial score (nSPS) is 14.5. The summed E-state index contributed by atoms with van der Waals surface area (Å²) in [7, 11) is 0. The van der Waals surface area contributed by atoms with E-state index in [1.165, 1.54) is 0 Å². The smallest absolute Gasteiger partial charge is 0.304 e. The number of benzene rings is 1. The quantitative estimate of drug-likeness (QED) is 0.847. The predicted octanol–water partition coefficient (Wildman–Crippen LogP) is 2.78. The van der Waals surface area contributed by atoms with E-state index in [4.69, 9.17) is 9.52 Å². The highest BCUT2D eigenvalue weighted by molar-refractivity contribution is 5.66. The van der Waals surface area contributed by atoms with E-state index in [2.05, 4.69) is 9.88 Å². The van der Waals surface area contributed by atoms with E-state index in [1.54, 1.807) is 6.20 Å². The molecule has 110 valence electrons. The minimum Gasteiger partial charge on any atom is -0.481 e. The van der Waals surface area contributed by atoms with Crippen molar-refractivity contribution in [1.29, 1.82) is 0 Å². The zero-order chi connectivity index (χ0) is 14.7. The lowest BCUT2D eigenvalue weighted by atomic mass is 10.2. The summed E-state index contributed by atoms with van der Waals surface area (Å²) in [5.41, 5.74) is 1.000. The van der Waals surface area contributed by atoms with E-state index in [0.717, 1.165) is 24.2 Å². The fraction of sp³-hybridized carbons (Fsp3) is 0.375. The van der Waals surface area contributed by atoms with Gasteiger partial charge in [0, 0.05) is 18.2 Å². The molecule has 1 aliphatic rings. The third-order valence-corrected chi connectivity index (χ3v) is 3.63. The summed E-state index contributed by atoms with van der Waals surface area (Å²) in [6, 6.07) is 10.3. The molecular formula is C16H18N2O3. The summed E-state index contributed by atoms with van der Waals surface area (Å²) in [6.07, 6.45) is 4.15. The third kappa shape index (κ3) is 3.70. The van der Waals surface area contributed by atoms with Gasteiger partial charge >= 0.3 is 5.97 Å². The Morgan fingerprint density at radius 2 is 2.10 bits per heavy atom. The number of hydrogen-bond donors (Lipinski definition) is 1. The van der Waals surface area contributed by atoms with Gasteiger partial charge in [0.2, 0.25) is 5.89 Å². The molecule has 0 unspecified atom stereocenters. The van der Waals surface area contributed by atoms with Crippen LogP contribution >= 0.6 is 0 Å². The van der Waals surface area contributed by atoms with Crippen LogP contribution in [0.4, 0.5) is 0 Å². The molecule has 2 aromatic rings. The number of rotatable bonds is 7. The highest BCUT2D eigenvalue weighted by Gasteiger charge is 2.30. The van der Waals surface area contributed by atoms with Crippen molar-refractivity contribution < 1.29 is 14.3 Å². The van der Waals surface area contributed by atoms with Crippen molar-refractivity contribution in [3.8, 4) is 11.3 Å². The van der Waals surface area contributed by atoms with Crippen molar-refractivity contribution in [3.05, 3.63) is 42.4 Å². The van der Waals surface area contributed by atoms with Crippen LogP contribution in [0.1, 0.15) is 25.2 Å². The number of carbonyl (C=O) groups is 1. The average molecular weight is 286 g/mol. The number of carboxylic acid groups (broad SMARTS) is 1. The summed E-state index contributed by atoms with van der Waals surface area (Å²) in [5.74, 6) is 0.628. The van der Waals surface area contributed by atoms with Crippen molar-refractivity contribution >= 4 is 5.97 Å². The SMILES string of the molecule is O=C(O)CCN(Cc1ncc(-c2ccccc2)o1)C1CC1. The van der Waals surface area contributed by atoms with Crippen LogP contribution in [0.15, 0.2) is 40.9 Å². The van der Waals surface area contributed by atoms with Crippen molar-refractivity contribution in [2.45, 2.75) is 31.8 Å². The molecule has 0 aliphatic heterocycles. The second-order valence-electron chi connectivity index (χ2n) is 5.33. The van der Waals surface area contributed by atoms with Gasteiger partial charge in [-0.2, -0.15) is 0 Å². The predicted molar refractivity (Wildman–Crippen MR) is 77.6 cm³/mol. The zero-order valence-corrected chi connectivity index (χ0v) is 11.7. The molecule has 1 heterocycles. The Morgan fingerprint density at radius 3 is 2.76 bits per heavy atom. The fourth-order valence-electron chi connectivity index (χ4n) is 2.36. The first-order valence-corrected chi connectivity index (χ1v) is 7.18. The number of aliphatic carboxylic acids is 1. The van der Waals surface area contributed by atoms with Crippen LogP contribution in [-0.2, 0) is 11.3 Å². The topological polar surface area (TPSA) is 66.6 Å². The van der Waals surface area contributed by atoms with Crippen LogP contribution in [0.5, 0.6) is 0 Å². The van der Waals surface area contributed by atoms with Gasteiger partial charge in [0.1, 0.15) is 0 Å². The molecule has 1 saturated carbocycles. The van der Waals surface area contributed by atoms with Gasteiger partial charge in [-0.05, 0) is 12.8 Å². The van der Waals surface area contributed by atoms with Gasteiger partial charge in [-0.25, -0.2) is 4.98 Å². The Hall–Kier alpha value is -2.14. The largest absolute Gasteiger partial charge is 0.481 e. The second kappa shape index (κ2) is 6.10. The molecule has 1 aromatic carbocycles. The van der Waals surface area contributed by atoms with Crippen LogP contribution < -0.4 is 0 Å². The molecule has 5 nitrogen and oxygen atoms in total. The van der Waals surface area contributed by atoms with E-state index in [9.17, 15) is 4.79 Å². The highest BCUT2D eigenvalue weighted by atomic mass is 16.4. The van der Waals surface area contributed by atoms with Crippen LogP contribution in [0, 0.1) is 0 Å². The molecule has 5 heteroatoms. The molecule has 0 saturated heterocycles. The minimum atomic E-state index is -0.766. The van der Waals surface area contributed by atoms with E-state index >= 15 is 0 Å². The molecule has 0 bridgehead atoms. The Morgan fingerprint density at radius 1 is 1.33 bits per heavy atom. The maximum Gasteiger partial charge on any atom is 0.304 e. The molecule has 0 amide bonds. The first kappa shape index (κ1) is 13.8. The van der Waals surface area contributed by atoms with Crippen LogP contribution in [-0.4, -0.2) is 33.5 Å². The second-order valence-corrected chi connectivity index (χ2v) is 5.33. The van der Waals surface area contributed by atoms with E-state index in [-0.39, 0.29) is 6.42 Å². The van der Waals surface area contributed by atoms with Crippen molar-refractivity contribution in [1.82, 2.24) is 9.88 Å². The van der Waals surface area contributed by atoms with Crippen LogP contribution in [0.25, 0.3) is 11.3 Å². The summed E-state index contributed by atoms with van der Waals surface area (Å²) in [6.45, 7) is 1.12. The lowest BCUT2D eigenvalue weighted by Crippen LogP contribution is -2.28. The van der Waals surface area contributed by atoms with Crippen LogP contribution in [0.3, 0.4) is 0 Å². The molecule has 1 N–H and O–H groups in total. The Balaban J connectivity index is 1.66. The van der Waals surface area contributed by atoms with Crippen molar-refractivity contribution in [2.24, 2.45) is 0 Å². The van der Waals surface area contributed by atoms with E-state index < -0.39 is 5.97 Å². The Labute approximate surface area is 123 Å². The summed E-state index contributed by atoms with van der Waals surface area (Å²) in [4.78, 5) is 17.2. The van der Waals surface area contributed by atoms with Crippen molar-refractivity contribution in [2.75, 3.05) is 6.54 Å². The number of oxazole rings is 1. The molecule has 1 fully saturated rings. The first-order chi connectivity index (χ1) is 10.2. The first-order valence-electron chi connectivity index (χ1n) is 7.18. The van der Waals surface area contributed by atoms with Gasteiger partial charge in [-0.1, -0.05) is 30.3 Å². The Kier molecular flexibility index (Phi) is 4.01. The molecule has 0 radical (unpaired) electrons. The zero-order valence-electron chi connectivity index (χ0n) is 11.7. The van der Waals surface area contributed by atoms with E-state index in [0.29, 0.717) is 25.0 Å². The molecule has 0 atom stereocenters. The molecule has 1 aliphatic carbocycles. The number of carboxylic acids is 1. The van der Waals surface area contributed by atoms with Gasteiger partial charge in [-0.15, -0.1) is 0 Å². The van der Waals surface area contributed by atoms with Gasteiger partial charge < -0.3 is 9.52 Å². The van der Waals surface area contributed by atoms with Crippen LogP contribution in [0.2, 0.25) is 0 Å². The molecule has 21 heavy (non-hydrogen) atoms. The summed E-state index contributed by atoms with van der Waals surface area (Å²) in [5, 5.41) is 8.82. The molecule has 3 rings (SSSR count). The monoisotopic (exact) mass is 286 g/mol. The maximum absolute atomic E-state index is 10.7. The summed E-state index contributed by atoms with van der Waals surface area (Å²) < 4.78 is 5.78. The molecule has 0 spiro atoms.